The van der Waals surface area contributed by atoms with Gasteiger partial charge in [-0.1, -0.05) is 121 Å². The zero-order valence-corrected chi connectivity index (χ0v) is 26.8. The smallest absolute Gasteiger partial charge is 0.173 e. The van der Waals surface area contributed by atoms with Crippen molar-refractivity contribution in [3.8, 4) is 41.8 Å². The lowest BCUT2D eigenvalue weighted by atomic mass is 10.1. The van der Waals surface area contributed by atoms with E-state index in [9.17, 15) is 0 Å². The minimum atomic E-state index is -3.19. The molecule has 0 saturated heterocycles. The van der Waals surface area contributed by atoms with Crippen LogP contribution in [-0.2, 0) is 9.13 Å². The molecule has 2 unspecified atom stereocenters. The molecule has 44 heavy (non-hydrogen) atoms. The quantitative estimate of drug-likeness (QED) is 0.182. The SMILES string of the molecule is O=P1(c2ccccc2)c2cc3c(cc2-c2sc(-c4ccccc4)cc21)P(=O)(c1ccccc1)c1cc(-c2ccccc2)sc1-3. The molecule has 0 spiro atoms. The Morgan fingerprint density at radius 1 is 0.386 bits per heavy atom. The van der Waals surface area contributed by atoms with Crippen molar-refractivity contribution in [2.45, 2.75) is 0 Å². The summed E-state index contributed by atoms with van der Waals surface area (Å²) in [6, 6.07) is 48.9. The summed E-state index contributed by atoms with van der Waals surface area (Å²) in [6.07, 6.45) is 0. The highest BCUT2D eigenvalue weighted by Gasteiger charge is 2.48. The second-order valence-corrected chi connectivity index (χ2v) is 18.7. The Labute approximate surface area is 264 Å². The largest absolute Gasteiger partial charge is 0.309 e. The molecule has 210 valence electrons. The third-order valence-electron chi connectivity index (χ3n) is 8.74. The van der Waals surface area contributed by atoms with Crippen LogP contribution in [0.15, 0.2) is 146 Å². The van der Waals surface area contributed by atoms with E-state index in [-0.39, 0.29) is 0 Å². The average Bonchev–Trinajstić information content (AvgIpc) is 3.84. The Bertz CT molecular complexity index is 2160. The molecule has 2 atom stereocenters. The van der Waals surface area contributed by atoms with Crippen LogP contribution in [0, 0.1) is 0 Å². The summed E-state index contributed by atoms with van der Waals surface area (Å²) in [6.45, 7) is 0. The molecule has 0 amide bonds. The standard InChI is InChI=1S/C38H24O2P2S2/c39-41(27-17-9-3-10-18-27)31-22-30-32(21-29(31)37-33(41)23-35(43-37)25-13-5-1-6-14-25)42(40,28-19-11-4-12-20-28)34-24-36(44-38(30)34)26-15-7-2-8-16-26/h1-24H. The van der Waals surface area contributed by atoms with Crippen molar-refractivity contribution >= 4 is 68.8 Å². The summed E-state index contributed by atoms with van der Waals surface area (Å²) in [4.78, 5) is 4.23. The van der Waals surface area contributed by atoms with Gasteiger partial charge in [0.15, 0.2) is 14.3 Å². The van der Waals surface area contributed by atoms with Gasteiger partial charge in [-0.25, -0.2) is 0 Å². The fourth-order valence-corrected chi connectivity index (χ4v) is 16.1. The van der Waals surface area contributed by atoms with Gasteiger partial charge in [-0.3, -0.25) is 0 Å². The molecule has 6 heteroatoms. The van der Waals surface area contributed by atoms with Crippen molar-refractivity contribution in [2.24, 2.45) is 0 Å². The minimum absolute atomic E-state index is 0.831. The number of fused-ring (bicyclic) bond motifs is 6. The normalized spacial score (nSPS) is 19.3. The van der Waals surface area contributed by atoms with E-state index in [1.54, 1.807) is 22.7 Å². The van der Waals surface area contributed by atoms with E-state index in [4.69, 9.17) is 0 Å². The lowest BCUT2D eigenvalue weighted by Gasteiger charge is -2.18. The first kappa shape index (κ1) is 26.4. The van der Waals surface area contributed by atoms with E-state index < -0.39 is 14.3 Å². The molecule has 2 aliphatic heterocycles. The Hall–Kier alpha value is -4.04. The molecular weight excluding hydrogens is 614 g/mol. The highest BCUT2D eigenvalue weighted by molar-refractivity contribution is 7.88. The van der Waals surface area contributed by atoms with E-state index in [0.717, 1.165) is 73.6 Å². The summed E-state index contributed by atoms with van der Waals surface area (Å²) < 4.78 is 31.2. The summed E-state index contributed by atoms with van der Waals surface area (Å²) in [5, 5.41) is 5.14. The van der Waals surface area contributed by atoms with Crippen molar-refractivity contribution < 1.29 is 9.13 Å². The van der Waals surface area contributed by atoms with Gasteiger partial charge in [-0.15, -0.1) is 22.7 Å². The van der Waals surface area contributed by atoms with Crippen molar-refractivity contribution in [2.75, 3.05) is 0 Å². The molecule has 2 aliphatic rings. The van der Waals surface area contributed by atoms with E-state index in [1.807, 2.05) is 97.1 Å². The van der Waals surface area contributed by atoms with Gasteiger partial charge in [0.25, 0.3) is 0 Å². The van der Waals surface area contributed by atoms with Gasteiger partial charge in [-0.2, -0.15) is 0 Å². The molecule has 0 bridgehead atoms. The second-order valence-electron chi connectivity index (χ2n) is 11.2. The molecule has 4 heterocycles. The molecule has 9 rings (SSSR count). The van der Waals surface area contributed by atoms with E-state index in [1.165, 1.54) is 0 Å². The first-order chi connectivity index (χ1) is 21.6. The maximum atomic E-state index is 15.6. The predicted molar refractivity (Wildman–Crippen MR) is 190 cm³/mol. The highest BCUT2D eigenvalue weighted by atomic mass is 32.1. The van der Waals surface area contributed by atoms with Gasteiger partial charge in [0.05, 0.1) is 0 Å². The molecule has 0 saturated carbocycles. The number of thiophene rings is 2. The minimum Gasteiger partial charge on any atom is -0.309 e. The fraction of sp³-hybridized carbons (Fsp3) is 0. The maximum absolute atomic E-state index is 15.6. The highest BCUT2D eigenvalue weighted by Crippen LogP contribution is 2.60. The summed E-state index contributed by atoms with van der Waals surface area (Å²) in [7, 11) is -6.37. The van der Waals surface area contributed by atoms with Crippen LogP contribution in [0.5, 0.6) is 0 Å². The van der Waals surface area contributed by atoms with Crippen molar-refractivity contribution in [1.82, 2.24) is 0 Å². The first-order valence-corrected chi connectivity index (χ1v) is 19.5. The van der Waals surface area contributed by atoms with Crippen LogP contribution in [0.3, 0.4) is 0 Å². The average molecular weight is 639 g/mol. The van der Waals surface area contributed by atoms with Crippen LogP contribution in [0.4, 0.5) is 0 Å². The number of benzene rings is 5. The molecule has 5 aromatic carbocycles. The lowest BCUT2D eigenvalue weighted by molar-refractivity contribution is 0.592. The summed E-state index contributed by atoms with van der Waals surface area (Å²) in [5.74, 6) is 0. The lowest BCUT2D eigenvalue weighted by Crippen LogP contribution is -2.23. The van der Waals surface area contributed by atoms with Gasteiger partial charge in [0.1, 0.15) is 0 Å². The third kappa shape index (κ3) is 3.60. The monoisotopic (exact) mass is 638 g/mol. The van der Waals surface area contributed by atoms with Crippen molar-refractivity contribution in [1.29, 1.82) is 0 Å². The first-order valence-electron chi connectivity index (χ1n) is 14.5. The predicted octanol–water partition coefficient (Wildman–Crippen LogP) is 8.38. The molecule has 2 aromatic heterocycles. The molecule has 0 fully saturated rings. The van der Waals surface area contributed by atoms with Crippen molar-refractivity contribution in [3.05, 3.63) is 146 Å². The van der Waals surface area contributed by atoms with Gasteiger partial charge in [-0.05, 0) is 35.4 Å². The van der Waals surface area contributed by atoms with Gasteiger partial charge in [0, 0.05) is 62.5 Å². The number of hydrogen-bond acceptors (Lipinski definition) is 4. The topological polar surface area (TPSA) is 34.1 Å². The number of rotatable bonds is 4. The number of hydrogen-bond donors (Lipinski definition) is 0. The van der Waals surface area contributed by atoms with E-state index in [2.05, 4.69) is 48.5 Å². The van der Waals surface area contributed by atoms with Crippen LogP contribution in [-0.4, -0.2) is 0 Å². The third-order valence-corrected chi connectivity index (χ3v) is 17.7. The van der Waals surface area contributed by atoms with Gasteiger partial charge < -0.3 is 9.13 Å². The fourth-order valence-electron chi connectivity index (χ4n) is 6.66. The van der Waals surface area contributed by atoms with Crippen molar-refractivity contribution in [3.63, 3.8) is 0 Å². The Morgan fingerprint density at radius 2 is 0.727 bits per heavy atom. The zero-order chi connectivity index (χ0) is 29.5. The van der Waals surface area contributed by atoms with E-state index >= 15 is 9.13 Å². The Morgan fingerprint density at radius 3 is 1.09 bits per heavy atom. The molecule has 0 N–H and O–H groups in total. The maximum Gasteiger partial charge on any atom is 0.173 e. The zero-order valence-electron chi connectivity index (χ0n) is 23.4. The van der Waals surface area contributed by atoms with Gasteiger partial charge >= 0.3 is 0 Å². The van der Waals surface area contributed by atoms with Crippen LogP contribution < -0.4 is 31.8 Å². The van der Waals surface area contributed by atoms with Crippen LogP contribution in [0.2, 0.25) is 0 Å². The molecule has 0 aliphatic carbocycles. The summed E-state index contributed by atoms with van der Waals surface area (Å²) >= 11 is 3.36. The van der Waals surface area contributed by atoms with E-state index in [0.29, 0.717) is 0 Å². The molecule has 0 radical (unpaired) electrons. The van der Waals surface area contributed by atoms with Crippen LogP contribution in [0.1, 0.15) is 0 Å². The Balaban J connectivity index is 1.34. The molecule has 7 aromatic rings. The Kier molecular flexibility index (Phi) is 5.83. The van der Waals surface area contributed by atoms with Crippen LogP contribution in [0.25, 0.3) is 41.8 Å². The molecular formula is C38H24O2P2S2. The second kappa shape index (κ2) is 9.73. The van der Waals surface area contributed by atoms with Crippen LogP contribution >= 0.6 is 37.0 Å². The van der Waals surface area contributed by atoms with Gasteiger partial charge in [0.2, 0.25) is 0 Å². The molecule has 2 nitrogen and oxygen atoms in total. The summed E-state index contributed by atoms with van der Waals surface area (Å²) in [5.41, 5.74) is 4.13.